The van der Waals surface area contributed by atoms with Gasteiger partial charge in [0.1, 0.15) is 11.3 Å². The lowest BCUT2D eigenvalue weighted by molar-refractivity contribution is 0.0715. The van der Waals surface area contributed by atoms with Gasteiger partial charge in [-0.1, -0.05) is 18.9 Å². The number of anilines is 1. The van der Waals surface area contributed by atoms with Gasteiger partial charge < -0.3 is 20.9 Å². The topological polar surface area (TPSA) is 84.6 Å². The van der Waals surface area contributed by atoms with Crippen LogP contribution >= 0.6 is 0 Å². The molecular formula is C15H22N2O3. The Labute approximate surface area is 119 Å². The maximum atomic E-state index is 12.4. The van der Waals surface area contributed by atoms with E-state index in [0.29, 0.717) is 23.6 Å². The summed E-state index contributed by atoms with van der Waals surface area (Å²) in [5.74, 6) is 0.202. The van der Waals surface area contributed by atoms with Crippen LogP contribution in [0.5, 0.6) is 5.75 Å². The highest BCUT2D eigenvalue weighted by molar-refractivity contribution is 6.02. The van der Waals surface area contributed by atoms with Gasteiger partial charge in [-0.05, 0) is 31.9 Å². The first-order chi connectivity index (χ1) is 9.63. The molecule has 0 radical (unpaired) electrons. The lowest BCUT2D eigenvalue weighted by Gasteiger charge is -2.28. The van der Waals surface area contributed by atoms with Crippen molar-refractivity contribution in [2.24, 2.45) is 0 Å². The summed E-state index contributed by atoms with van der Waals surface area (Å²) >= 11 is 0. The molecule has 1 aromatic carbocycles. The van der Waals surface area contributed by atoms with E-state index in [2.05, 4.69) is 5.32 Å². The molecule has 1 aliphatic carbocycles. The van der Waals surface area contributed by atoms with Crippen molar-refractivity contribution in [1.29, 1.82) is 0 Å². The van der Waals surface area contributed by atoms with Crippen LogP contribution in [0.25, 0.3) is 0 Å². The van der Waals surface area contributed by atoms with Crippen LogP contribution in [-0.2, 0) is 0 Å². The molecule has 1 aromatic rings. The Balaban J connectivity index is 2.16. The van der Waals surface area contributed by atoms with Crippen LogP contribution in [-0.4, -0.2) is 29.8 Å². The first-order valence-corrected chi connectivity index (χ1v) is 7.13. The SMILES string of the molecule is CCOc1cccc(N)c1C(=O)N[C@H]1CCCC[C@@H]1O. The number of hydrogen-bond acceptors (Lipinski definition) is 4. The number of hydrogen-bond donors (Lipinski definition) is 3. The molecule has 0 heterocycles. The fourth-order valence-electron chi connectivity index (χ4n) is 2.59. The summed E-state index contributed by atoms with van der Waals surface area (Å²) in [6.45, 7) is 2.32. The monoisotopic (exact) mass is 278 g/mol. The summed E-state index contributed by atoms with van der Waals surface area (Å²) in [7, 11) is 0. The van der Waals surface area contributed by atoms with Gasteiger partial charge in [-0.3, -0.25) is 4.79 Å². The van der Waals surface area contributed by atoms with E-state index >= 15 is 0 Å². The Morgan fingerprint density at radius 2 is 2.20 bits per heavy atom. The number of aliphatic hydroxyl groups is 1. The number of amides is 1. The maximum Gasteiger partial charge on any atom is 0.257 e. The minimum atomic E-state index is -0.479. The average molecular weight is 278 g/mol. The number of benzene rings is 1. The number of rotatable bonds is 4. The van der Waals surface area contributed by atoms with E-state index in [0.717, 1.165) is 25.7 Å². The molecule has 2 atom stereocenters. The molecule has 0 unspecified atom stereocenters. The molecule has 5 heteroatoms. The third-order valence-electron chi connectivity index (χ3n) is 3.63. The molecule has 1 amide bonds. The number of nitrogens with two attached hydrogens (primary N) is 1. The number of nitrogen functional groups attached to an aromatic ring is 1. The Bertz CT molecular complexity index is 476. The molecule has 1 saturated carbocycles. The lowest BCUT2D eigenvalue weighted by atomic mass is 9.92. The van der Waals surface area contributed by atoms with Crippen molar-refractivity contribution in [2.45, 2.75) is 44.8 Å². The van der Waals surface area contributed by atoms with E-state index in [1.54, 1.807) is 18.2 Å². The van der Waals surface area contributed by atoms with Crippen molar-refractivity contribution < 1.29 is 14.6 Å². The number of carbonyl (C=O) groups is 1. The van der Waals surface area contributed by atoms with Crippen molar-refractivity contribution in [3.63, 3.8) is 0 Å². The van der Waals surface area contributed by atoms with Crippen molar-refractivity contribution in [3.05, 3.63) is 23.8 Å². The quantitative estimate of drug-likeness (QED) is 0.732. The smallest absolute Gasteiger partial charge is 0.257 e. The zero-order valence-corrected chi connectivity index (χ0v) is 11.8. The standard InChI is InChI=1S/C15H22N2O3/c1-2-20-13-9-5-6-10(16)14(13)15(19)17-11-7-3-4-8-12(11)18/h5-6,9,11-12,18H,2-4,7-8,16H2,1H3,(H,17,19)/t11-,12-/m0/s1. The van der Waals surface area contributed by atoms with Gasteiger partial charge in [0.25, 0.3) is 5.91 Å². The van der Waals surface area contributed by atoms with Crippen LogP contribution < -0.4 is 15.8 Å². The Morgan fingerprint density at radius 3 is 2.90 bits per heavy atom. The van der Waals surface area contributed by atoms with Gasteiger partial charge in [-0.25, -0.2) is 0 Å². The fraction of sp³-hybridized carbons (Fsp3) is 0.533. The molecule has 1 fully saturated rings. The summed E-state index contributed by atoms with van der Waals surface area (Å²) in [5, 5.41) is 12.8. The first-order valence-electron chi connectivity index (χ1n) is 7.13. The Morgan fingerprint density at radius 1 is 1.45 bits per heavy atom. The van der Waals surface area contributed by atoms with E-state index in [1.807, 2.05) is 6.92 Å². The van der Waals surface area contributed by atoms with Crippen LogP contribution in [0.1, 0.15) is 43.0 Å². The number of nitrogens with one attached hydrogen (secondary N) is 1. The highest BCUT2D eigenvalue weighted by Crippen LogP contribution is 2.25. The van der Waals surface area contributed by atoms with Crippen LogP contribution in [0, 0.1) is 0 Å². The van der Waals surface area contributed by atoms with Crippen molar-refractivity contribution in [2.75, 3.05) is 12.3 Å². The molecule has 0 aliphatic heterocycles. The molecule has 1 aliphatic rings. The average Bonchev–Trinajstić information content (AvgIpc) is 2.42. The second-order valence-corrected chi connectivity index (χ2v) is 5.09. The minimum absolute atomic E-state index is 0.203. The molecule has 2 rings (SSSR count). The number of ether oxygens (including phenoxy) is 1. The first kappa shape index (κ1) is 14.7. The van der Waals surface area contributed by atoms with Gasteiger partial charge >= 0.3 is 0 Å². The highest BCUT2D eigenvalue weighted by atomic mass is 16.5. The summed E-state index contributed by atoms with van der Waals surface area (Å²) < 4.78 is 5.45. The van der Waals surface area contributed by atoms with E-state index in [9.17, 15) is 9.90 Å². The zero-order valence-electron chi connectivity index (χ0n) is 11.8. The van der Waals surface area contributed by atoms with Gasteiger partial charge in [0, 0.05) is 5.69 Å². The highest BCUT2D eigenvalue weighted by Gasteiger charge is 2.26. The number of carbonyl (C=O) groups excluding carboxylic acids is 1. The lowest BCUT2D eigenvalue weighted by Crippen LogP contribution is -2.45. The zero-order chi connectivity index (χ0) is 14.5. The minimum Gasteiger partial charge on any atom is -0.493 e. The van der Waals surface area contributed by atoms with Gasteiger partial charge in [0.15, 0.2) is 0 Å². The van der Waals surface area contributed by atoms with Crippen molar-refractivity contribution in [1.82, 2.24) is 5.32 Å². The number of aliphatic hydroxyl groups excluding tert-OH is 1. The van der Waals surface area contributed by atoms with Gasteiger partial charge in [-0.2, -0.15) is 0 Å². The molecule has 4 N–H and O–H groups in total. The third kappa shape index (κ3) is 3.22. The summed E-state index contributed by atoms with van der Waals surface area (Å²) in [6, 6.07) is 4.96. The summed E-state index contributed by atoms with van der Waals surface area (Å²) in [5.41, 5.74) is 6.63. The molecular weight excluding hydrogens is 256 g/mol. The van der Waals surface area contributed by atoms with Crippen LogP contribution in [0.3, 0.4) is 0 Å². The summed E-state index contributed by atoms with van der Waals surface area (Å²) in [6.07, 6.45) is 3.07. The molecule has 5 nitrogen and oxygen atoms in total. The van der Waals surface area contributed by atoms with E-state index in [1.165, 1.54) is 0 Å². The predicted molar refractivity (Wildman–Crippen MR) is 77.8 cm³/mol. The summed E-state index contributed by atoms with van der Waals surface area (Å²) in [4.78, 5) is 12.4. The maximum absolute atomic E-state index is 12.4. The van der Waals surface area contributed by atoms with Gasteiger partial charge in [0.05, 0.1) is 18.8 Å². The van der Waals surface area contributed by atoms with Crippen LogP contribution in [0.4, 0.5) is 5.69 Å². The van der Waals surface area contributed by atoms with Gasteiger partial charge in [-0.15, -0.1) is 0 Å². The second-order valence-electron chi connectivity index (χ2n) is 5.09. The molecule has 20 heavy (non-hydrogen) atoms. The second kappa shape index (κ2) is 6.61. The molecule has 0 bridgehead atoms. The van der Waals surface area contributed by atoms with E-state index in [-0.39, 0.29) is 11.9 Å². The van der Waals surface area contributed by atoms with Crippen LogP contribution in [0.2, 0.25) is 0 Å². The van der Waals surface area contributed by atoms with E-state index in [4.69, 9.17) is 10.5 Å². The third-order valence-corrected chi connectivity index (χ3v) is 3.63. The van der Waals surface area contributed by atoms with Gasteiger partial charge in [0.2, 0.25) is 0 Å². The van der Waals surface area contributed by atoms with Crippen molar-refractivity contribution >= 4 is 11.6 Å². The largest absolute Gasteiger partial charge is 0.493 e. The molecule has 110 valence electrons. The molecule has 0 spiro atoms. The van der Waals surface area contributed by atoms with Crippen molar-refractivity contribution in [3.8, 4) is 5.75 Å². The Hall–Kier alpha value is -1.75. The Kier molecular flexibility index (Phi) is 4.84. The fourth-order valence-corrected chi connectivity index (χ4v) is 2.59. The molecule has 0 aromatic heterocycles. The van der Waals surface area contributed by atoms with Crippen LogP contribution in [0.15, 0.2) is 18.2 Å². The van der Waals surface area contributed by atoms with E-state index < -0.39 is 6.10 Å². The predicted octanol–water partition coefficient (Wildman–Crippen LogP) is 1.70. The normalized spacial score (nSPS) is 22.3. The molecule has 0 saturated heterocycles.